The molecule has 168 valence electrons. The highest BCUT2D eigenvalue weighted by molar-refractivity contribution is 7.71. The van der Waals surface area contributed by atoms with E-state index in [4.69, 9.17) is 28.9 Å². The molecule has 0 N–H and O–H groups in total. The van der Waals surface area contributed by atoms with Crippen LogP contribution in [0.1, 0.15) is 26.2 Å². The maximum Gasteiger partial charge on any atom is 0.236 e. The number of piperazine rings is 1. The van der Waals surface area contributed by atoms with Crippen molar-refractivity contribution in [2.45, 2.75) is 39.4 Å². The maximum absolute atomic E-state index is 12.5. The van der Waals surface area contributed by atoms with E-state index in [1.807, 2.05) is 33.8 Å². The van der Waals surface area contributed by atoms with Crippen molar-refractivity contribution in [2.75, 3.05) is 45.8 Å². The Labute approximate surface area is 194 Å². The summed E-state index contributed by atoms with van der Waals surface area (Å²) < 4.78 is 4.71. The molecule has 0 radical (unpaired) electrons. The molecule has 2 aliphatic rings. The minimum absolute atomic E-state index is 0.282. The van der Waals surface area contributed by atoms with Crippen LogP contribution in [0.15, 0.2) is 24.3 Å². The number of likely N-dealkylation sites (tertiary alicyclic amines) is 1. The molecule has 0 atom stereocenters. The Kier molecular flexibility index (Phi) is 7.43. The smallest absolute Gasteiger partial charge is 0.236 e. The van der Waals surface area contributed by atoms with Gasteiger partial charge in [-0.25, -0.2) is 4.68 Å². The molecule has 2 fully saturated rings. The van der Waals surface area contributed by atoms with Crippen LogP contribution in [0.3, 0.4) is 0 Å². The van der Waals surface area contributed by atoms with Gasteiger partial charge in [0.05, 0.1) is 13.2 Å². The van der Waals surface area contributed by atoms with E-state index in [1.54, 1.807) is 0 Å². The van der Waals surface area contributed by atoms with E-state index < -0.39 is 0 Å². The van der Waals surface area contributed by atoms with E-state index in [0.29, 0.717) is 18.2 Å². The zero-order chi connectivity index (χ0) is 21.8. The third kappa shape index (κ3) is 5.37. The molecule has 4 rings (SSSR count). The molecule has 7 nitrogen and oxygen atoms in total. The minimum atomic E-state index is 0.282. The average Bonchev–Trinajstić information content (AvgIpc) is 3.11. The first-order chi connectivity index (χ1) is 15.0. The van der Waals surface area contributed by atoms with Crippen LogP contribution in [0, 0.1) is 4.77 Å². The number of carbonyl (C=O) groups excluding carboxylic acids is 1. The van der Waals surface area contributed by atoms with Crippen molar-refractivity contribution in [1.29, 1.82) is 0 Å². The SMILES string of the molecule is CCn1c(-c2ccc(Cl)cc2)nn(CN2CCN(CC(=O)N3CCCCC3)CC2)c1=S. The first-order valence-corrected chi connectivity index (χ1v) is 12.0. The van der Waals surface area contributed by atoms with Gasteiger partial charge in [-0.05, 0) is 62.7 Å². The van der Waals surface area contributed by atoms with E-state index in [1.165, 1.54) is 6.42 Å². The number of halogens is 1. The topological polar surface area (TPSA) is 49.5 Å². The fourth-order valence-electron chi connectivity index (χ4n) is 4.34. The predicted octanol–water partition coefficient (Wildman–Crippen LogP) is 3.34. The Morgan fingerprint density at radius 2 is 1.65 bits per heavy atom. The first kappa shape index (κ1) is 22.5. The number of hydrogen-bond donors (Lipinski definition) is 0. The quantitative estimate of drug-likeness (QED) is 0.616. The maximum atomic E-state index is 12.5. The third-order valence-electron chi connectivity index (χ3n) is 6.21. The fourth-order valence-corrected chi connectivity index (χ4v) is 4.78. The summed E-state index contributed by atoms with van der Waals surface area (Å²) in [6.45, 7) is 9.51. The Morgan fingerprint density at radius 3 is 2.29 bits per heavy atom. The summed E-state index contributed by atoms with van der Waals surface area (Å²) in [5, 5.41) is 5.53. The van der Waals surface area contributed by atoms with Gasteiger partial charge in [-0.2, -0.15) is 5.10 Å². The van der Waals surface area contributed by atoms with Crippen molar-refractivity contribution in [2.24, 2.45) is 0 Å². The number of carbonyl (C=O) groups is 1. The number of piperidine rings is 1. The summed E-state index contributed by atoms with van der Waals surface area (Å²) in [5.74, 6) is 1.15. The van der Waals surface area contributed by atoms with Gasteiger partial charge in [0.15, 0.2) is 10.6 Å². The Morgan fingerprint density at radius 1 is 1.00 bits per heavy atom. The summed E-state index contributed by atoms with van der Waals surface area (Å²) >= 11 is 11.7. The molecule has 0 aliphatic carbocycles. The van der Waals surface area contributed by atoms with Gasteiger partial charge in [0.2, 0.25) is 5.91 Å². The van der Waals surface area contributed by atoms with Gasteiger partial charge >= 0.3 is 0 Å². The zero-order valence-corrected chi connectivity index (χ0v) is 19.7. The lowest BCUT2D eigenvalue weighted by Crippen LogP contribution is -2.50. The fraction of sp³-hybridized carbons (Fsp3) is 0.591. The second-order valence-electron chi connectivity index (χ2n) is 8.33. The van der Waals surface area contributed by atoms with Crippen LogP contribution in [0.2, 0.25) is 5.02 Å². The molecule has 1 aromatic carbocycles. The lowest BCUT2D eigenvalue weighted by Gasteiger charge is -2.35. The van der Waals surface area contributed by atoms with E-state index in [2.05, 4.69) is 21.3 Å². The number of aromatic nitrogens is 3. The number of nitrogens with zero attached hydrogens (tertiary/aromatic N) is 6. The van der Waals surface area contributed by atoms with Crippen molar-refractivity contribution < 1.29 is 4.79 Å². The molecule has 0 spiro atoms. The molecule has 0 unspecified atom stereocenters. The van der Waals surface area contributed by atoms with E-state index in [0.717, 1.165) is 74.8 Å². The summed E-state index contributed by atoms with van der Waals surface area (Å²) in [4.78, 5) is 19.2. The summed E-state index contributed by atoms with van der Waals surface area (Å²) in [7, 11) is 0. The molecule has 31 heavy (non-hydrogen) atoms. The van der Waals surface area contributed by atoms with Crippen molar-refractivity contribution in [3.8, 4) is 11.4 Å². The van der Waals surface area contributed by atoms with Crippen molar-refractivity contribution >= 4 is 29.7 Å². The molecular weight excluding hydrogens is 432 g/mol. The number of amides is 1. The van der Waals surface area contributed by atoms with Gasteiger partial charge in [-0.1, -0.05) is 11.6 Å². The molecule has 1 amide bonds. The lowest BCUT2D eigenvalue weighted by atomic mass is 10.1. The Bertz CT molecular complexity index is 942. The summed E-state index contributed by atoms with van der Waals surface area (Å²) in [5.41, 5.74) is 1.01. The van der Waals surface area contributed by atoms with Gasteiger partial charge in [0, 0.05) is 56.4 Å². The van der Waals surface area contributed by atoms with Crippen LogP contribution in [0.5, 0.6) is 0 Å². The number of benzene rings is 1. The third-order valence-corrected chi connectivity index (χ3v) is 6.89. The van der Waals surface area contributed by atoms with Crippen molar-refractivity contribution in [1.82, 2.24) is 29.0 Å². The standard InChI is InChI=1S/C22H31ClN6OS/c1-2-28-21(18-6-8-19(23)9-7-18)24-29(22(28)31)17-26-14-12-25(13-15-26)16-20(30)27-10-4-3-5-11-27/h6-9H,2-5,10-17H2,1H3. The van der Waals surface area contributed by atoms with Gasteiger partial charge in [0.25, 0.3) is 0 Å². The van der Waals surface area contributed by atoms with E-state index in [-0.39, 0.29) is 5.91 Å². The Balaban J connectivity index is 1.35. The lowest BCUT2D eigenvalue weighted by molar-refractivity contribution is -0.133. The van der Waals surface area contributed by atoms with Crippen molar-refractivity contribution in [3.05, 3.63) is 34.1 Å². The van der Waals surface area contributed by atoms with Crippen LogP contribution in [-0.4, -0.2) is 80.8 Å². The van der Waals surface area contributed by atoms with Crippen LogP contribution in [0.4, 0.5) is 0 Å². The van der Waals surface area contributed by atoms with E-state index >= 15 is 0 Å². The number of rotatable bonds is 6. The highest BCUT2D eigenvalue weighted by atomic mass is 35.5. The normalized spacial score (nSPS) is 18.5. The largest absolute Gasteiger partial charge is 0.342 e. The second kappa shape index (κ2) is 10.3. The summed E-state index contributed by atoms with van der Waals surface area (Å²) in [6.07, 6.45) is 3.53. The molecule has 3 heterocycles. The highest BCUT2D eigenvalue weighted by Gasteiger charge is 2.23. The monoisotopic (exact) mass is 462 g/mol. The molecule has 1 aromatic heterocycles. The molecule has 2 saturated heterocycles. The van der Waals surface area contributed by atoms with Crippen LogP contribution in [-0.2, 0) is 18.0 Å². The second-order valence-corrected chi connectivity index (χ2v) is 9.14. The first-order valence-electron chi connectivity index (χ1n) is 11.2. The van der Waals surface area contributed by atoms with Crippen LogP contribution in [0.25, 0.3) is 11.4 Å². The molecule has 9 heteroatoms. The summed E-state index contributed by atoms with van der Waals surface area (Å²) in [6, 6.07) is 7.72. The average molecular weight is 463 g/mol. The molecule has 2 aromatic rings. The predicted molar refractivity (Wildman–Crippen MR) is 126 cm³/mol. The van der Waals surface area contributed by atoms with Crippen LogP contribution < -0.4 is 0 Å². The zero-order valence-electron chi connectivity index (χ0n) is 18.2. The van der Waals surface area contributed by atoms with Gasteiger partial charge in [-0.15, -0.1) is 0 Å². The molecule has 0 bridgehead atoms. The van der Waals surface area contributed by atoms with Gasteiger partial charge in [0.1, 0.15) is 0 Å². The van der Waals surface area contributed by atoms with Gasteiger partial charge < -0.3 is 9.47 Å². The highest BCUT2D eigenvalue weighted by Crippen LogP contribution is 2.21. The minimum Gasteiger partial charge on any atom is -0.342 e. The molecule has 2 aliphatic heterocycles. The Hall–Kier alpha value is -1.74. The van der Waals surface area contributed by atoms with E-state index in [9.17, 15) is 4.79 Å². The van der Waals surface area contributed by atoms with Crippen LogP contribution >= 0.6 is 23.8 Å². The van der Waals surface area contributed by atoms with Crippen molar-refractivity contribution in [3.63, 3.8) is 0 Å². The molecule has 0 saturated carbocycles. The molecular formula is C22H31ClN6OS. The number of hydrogen-bond acceptors (Lipinski definition) is 5. The van der Waals surface area contributed by atoms with Gasteiger partial charge in [-0.3, -0.25) is 14.6 Å².